The van der Waals surface area contributed by atoms with Crippen LogP contribution < -0.4 is 4.74 Å². The van der Waals surface area contributed by atoms with E-state index in [1.165, 1.54) is 18.5 Å². The Hall–Kier alpha value is -3.02. The average Bonchev–Trinajstić information content (AvgIpc) is 3.43. The molecule has 0 N–H and O–H groups in total. The first-order valence-corrected chi connectivity index (χ1v) is 9.23. The second kappa shape index (κ2) is 6.86. The number of hydrogen-bond donors (Lipinski definition) is 0. The van der Waals surface area contributed by atoms with Crippen molar-refractivity contribution in [3.63, 3.8) is 0 Å². The number of ether oxygens (including phenoxy) is 2. The quantitative estimate of drug-likeness (QED) is 0.633. The molecule has 2 bridgehead atoms. The van der Waals surface area contributed by atoms with Crippen molar-refractivity contribution in [1.82, 2.24) is 19.5 Å². The maximum absolute atomic E-state index is 13.2. The minimum atomic E-state index is -0.551. The van der Waals surface area contributed by atoms with Crippen LogP contribution in [0.25, 0.3) is 16.6 Å². The molecule has 0 aliphatic carbocycles. The van der Waals surface area contributed by atoms with Gasteiger partial charge in [0.25, 0.3) is 0 Å². The molecule has 2 saturated heterocycles. The molecule has 2 aliphatic rings. The van der Waals surface area contributed by atoms with Gasteiger partial charge in [-0.3, -0.25) is 4.90 Å². The second-order valence-corrected chi connectivity index (χ2v) is 7.11. The zero-order chi connectivity index (χ0) is 19.1. The Balaban J connectivity index is 1.41. The normalized spacial score (nSPS) is 21.3. The number of nitriles is 1. The Kier molecular flexibility index (Phi) is 4.19. The fourth-order valence-electron chi connectivity index (χ4n) is 4.05. The standard InChI is InChI=1S/C20H18FN5O2/c21-19-2-1-13(8-23-19)18-6-17(11-26-20(18)14(7-22)9-24-26)27-4-3-25-10-16-5-15(25)12-28-16/h1-2,6,8-9,11,15-16H,3-5,10,12H2/t15-,16-/m0/s1. The van der Waals surface area contributed by atoms with Gasteiger partial charge in [0.15, 0.2) is 0 Å². The van der Waals surface area contributed by atoms with Crippen molar-refractivity contribution in [3.05, 3.63) is 48.3 Å². The van der Waals surface area contributed by atoms with Crippen LogP contribution in [0.4, 0.5) is 4.39 Å². The van der Waals surface area contributed by atoms with Crippen LogP contribution in [0.3, 0.4) is 0 Å². The SMILES string of the molecule is N#Cc1cnn2cc(OCCN3C[C@@H]4C[C@H]3CO4)cc(-c3ccc(F)nc3)c12. The van der Waals surface area contributed by atoms with Crippen LogP contribution >= 0.6 is 0 Å². The lowest BCUT2D eigenvalue weighted by Crippen LogP contribution is -2.39. The van der Waals surface area contributed by atoms with Gasteiger partial charge in [0.05, 0.1) is 36.2 Å². The average molecular weight is 379 g/mol. The zero-order valence-electron chi connectivity index (χ0n) is 15.1. The molecule has 8 heteroatoms. The van der Waals surface area contributed by atoms with E-state index in [-0.39, 0.29) is 0 Å². The summed E-state index contributed by atoms with van der Waals surface area (Å²) in [7, 11) is 0. The minimum Gasteiger partial charge on any atom is -0.491 e. The summed E-state index contributed by atoms with van der Waals surface area (Å²) in [4.78, 5) is 6.13. The summed E-state index contributed by atoms with van der Waals surface area (Å²) in [5.41, 5.74) is 2.52. The van der Waals surface area contributed by atoms with Crippen molar-refractivity contribution in [2.75, 3.05) is 26.3 Å². The van der Waals surface area contributed by atoms with Gasteiger partial charge in [-0.05, 0) is 24.6 Å². The third kappa shape index (κ3) is 2.99. The number of hydrogen-bond acceptors (Lipinski definition) is 6. The lowest BCUT2D eigenvalue weighted by molar-refractivity contribution is 0.0258. The highest BCUT2D eigenvalue weighted by atomic mass is 19.1. The van der Waals surface area contributed by atoms with Gasteiger partial charge >= 0.3 is 0 Å². The van der Waals surface area contributed by atoms with E-state index in [0.717, 1.165) is 31.7 Å². The van der Waals surface area contributed by atoms with Crippen LogP contribution in [0.5, 0.6) is 5.75 Å². The zero-order valence-corrected chi connectivity index (χ0v) is 15.1. The van der Waals surface area contributed by atoms with Crippen LogP contribution in [-0.4, -0.2) is 57.9 Å². The summed E-state index contributed by atoms with van der Waals surface area (Å²) in [5, 5.41) is 13.7. The Bertz CT molecular complexity index is 1060. The second-order valence-electron chi connectivity index (χ2n) is 7.11. The molecule has 5 rings (SSSR count). The molecule has 2 atom stereocenters. The molecule has 0 radical (unpaired) electrons. The molecule has 28 heavy (non-hydrogen) atoms. The van der Waals surface area contributed by atoms with Crippen molar-refractivity contribution in [2.45, 2.75) is 18.6 Å². The molecule has 0 unspecified atom stereocenters. The molecule has 7 nitrogen and oxygen atoms in total. The van der Waals surface area contributed by atoms with Crippen molar-refractivity contribution >= 4 is 5.52 Å². The summed E-state index contributed by atoms with van der Waals surface area (Å²) in [6.45, 7) is 3.15. The van der Waals surface area contributed by atoms with E-state index in [4.69, 9.17) is 9.47 Å². The Morgan fingerprint density at radius 1 is 1.36 bits per heavy atom. The van der Waals surface area contributed by atoms with Gasteiger partial charge in [0.1, 0.15) is 18.4 Å². The first kappa shape index (κ1) is 17.1. The Labute approximate surface area is 160 Å². The van der Waals surface area contributed by atoms with Gasteiger partial charge in [0, 0.05) is 36.5 Å². The smallest absolute Gasteiger partial charge is 0.212 e. The summed E-state index contributed by atoms with van der Waals surface area (Å²) in [6, 6.07) is 7.44. The van der Waals surface area contributed by atoms with Crippen LogP contribution in [0.2, 0.25) is 0 Å². The topological polar surface area (TPSA) is 75.7 Å². The molecule has 0 aromatic carbocycles. The van der Waals surface area contributed by atoms with E-state index < -0.39 is 5.95 Å². The molecule has 5 heterocycles. The molecule has 2 aliphatic heterocycles. The van der Waals surface area contributed by atoms with Crippen molar-refractivity contribution in [3.8, 4) is 22.9 Å². The maximum Gasteiger partial charge on any atom is 0.212 e. The summed E-state index contributed by atoms with van der Waals surface area (Å²) in [5.74, 6) is 0.0881. The number of fused-ring (bicyclic) bond motifs is 3. The predicted molar refractivity (Wildman–Crippen MR) is 98.3 cm³/mol. The molecule has 0 saturated carbocycles. The van der Waals surface area contributed by atoms with Gasteiger partial charge < -0.3 is 9.47 Å². The summed E-state index contributed by atoms with van der Waals surface area (Å²) < 4.78 is 26.5. The number of nitrogens with zero attached hydrogens (tertiary/aromatic N) is 5. The highest BCUT2D eigenvalue weighted by Crippen LogP contribution is 2.31. The predicted octanol–water partition coefficient (Wildman–Crippen LogP) is 2.26. The largest absolute Gasteiger partial charge is 0.491 e. The van der Waals surface area contributed by atoms with Crippen LogP contribution in [-0.2, 0) is 4.74 Å². The number of morpholine rings is 1. The lowest BCUT2D eigenvalue weighted by Gasteiger charge is -2.26. The van der Waals surface area contributed by atoms with E-state index in [1.807, 2.05) is 6.07 Å². The molecule has 0 amide bonds. The maximum atomic E-state index is 13.2. The molecule has 3 aromatic heterocycles. The van der Waals surface area contributed by atoms with Crippen LogP contribution in [0, 0.1) is 17.3 Å². The minimum absolute atomic E-state index is 0.368. The van der Waals surface area contributed by atoms with E-state index >= 15 is 0 Å². The van der Waals surface area contributed by atoms with E-state index in [9.17, 15) is 9.65 Å². The number of halogens is 1. The van der Waals surface area contributed by atoms with Crippen molar-refractivity contribution < 1.29 is 13.9 Å². The number of pyridine rings is 2. The van der Waals surface area contributed by atoms with Crippen LogP contribution in [0.1, 0.15) is 12.0 Å². The Morgan fingerprint density at radius 2 is 2.29 bits per heavy atom. The number of rotatable bonds is 5. The van der Waals surface area contributed by atoms with Crippen molar-refractivity contribution in [2.24, 2.45) is 0 Å². The van der Waals surface area contributed by atoms with Gasteiger partial charge in [-0.15, -0.1) is 0 Å². The fraction of sp³-hybridized carbons (Fsp3) is 0.350. The van der Waals surface area contributed by atoms with Crippen LogP contribution in [0.15, 0.2) is 36.8 Å². The number of likely N-dealkylation sites (tertiary alicyclic amines) is 1. The first-order chi connectivity index (χ1) is 13.7. The van der Waals surface area contributed by atoms with E-state index in [1.54, 1.807) is 16.8 Å². The summed E-state index contributed by atoms with van der Waals surface area (Å²) in [6.07, 6.45) is 6.20. The monoisotopic (exact) mass is 379 g/mol. The van der Waals surface area contributed by atoms with Gasteiger partial charge in [-0.2, -0.15) is 14.8 Å². The molecule has 0 spiro atoms. The first-order valence-electron chi connectivity index (χ1n) is 9.23. The summed E-state index contributed by atoms with van der Waals surface area (Å²) >= 11 is 0. The molecular formula is C20H18FN5O2. The molecular weight excluding hydrogens is 361 g/mol. The fourth-order valence-corrected chi connectivity index (χ4v) is 4.05. The third-order valence-corrected chi connectivity index (χ3v) is 5.41. The molecule has 2 fully saturated rings. The number of aromatic nitrogens is 3. The molecule has 142 valence electrons. The highest BCUT2D eigenvalue weighted by molar-refractivity contribution is 5.84. The molecule has 3 aromatic rings. The Morgan fingerprint density at radius 3 is 3.00 bits per heavy atom. The van der Waals surface area contributed by atoms with Gasteiger partial charge in [0.2, 0.25) is 5.95 Å². The van der Waals surface area contributed by atoms with Gasteiger partial charge in [-0.1, -0.05) is 0 Å². The highest BCUT2D eigenvalue weighted by Gasteiger charge is 2.38. The van der Waals surface area contributed by atoms with Crippen molar-refractivity contribution in [1.29, 1.82) is 5.26 Å². The van der Waals surface area contributed by atoms with E-state index in [0.29, 0.717) is 41.1 Å². The van der Waals surface area contributed by atoms with Gasteiger partial charge in [-0.25, -0.2) is 9.50 Å². The lowest BCUT2D eigenvalue weighted by atomic mass is 10.1. The third-order valence-electron chi connectivity index (χ3n) is 5.41. The van der Waals surface area contributed by atoms with E-state index in [2.05, 4.69) is 21.1 Å².